The van der Waals surface area contributed by atoms with Gasteiger partial charge in [0.1, 0.15) is 5.82 Å². The molecule has 0 radical (unpaired) electrons. The van der Waals surface area contributed by atoms with E-state index in [1.54, 1.807) is 0 Å². The molecule has 5 nitrogen and oxygen atoms in total. The molecule has 1 unspecified atom stereocenters. The van der Waals surface area contributed by atoms with E-state index in [1.165, 1.54) is 24.8 Å². The van der Waals surface area contributed by atoms with Gasteiger partial charge < -0.3 is 5.32 Å². The summed E-state index contributed by atoms with van der Waals surface area (Å²) in [5, 5.41) is 7.84. The highest BCUT2D eigenvalue weighted by atomic mass is 32.2. The Morgan fingerprint density at radius 2 is 2.00 bits per heavy atom. The van der Waals surface area contributed by atoms with Crippen LogP contribution in [0, 0.1) is 19.8 Å². The van der Waals surface area contributed by atoms with Gasteiger partial charge in [0.05, 0.1) is 22.9 Å². The lowest BCUT2D eigenvalue weighted by Gasteiger charge is -2.21. The molecule has 1 N–H and O–H groups in total. The Balaban J connectivity index is 1.64. The van der Waals surface area contributed by atoms with E-state index in [0.717, 1.165) is 35.3 Å². The number of nitrogens with zero attached hydrogens (tertiary/aromatic N) is 2. The average Bonchev–Trinajstić information content (AvgIpc) is 3.13. The smallest absolute Gasteiger partial charge is 0.225 e. The third kappa shape index (κ3) is 3.86. The zero-order chi connectivity index (χ0) is 19.0. The molecular formula is C21H27N3O2S. The van der Waals surface area contributed by atoms with Crippen LogP contribution in [0.4, 0.5) is 5.82 Å². The second kappa shape index (κ2) is 7.58. The second-order valence-corrected chi connectivity index (χ2v) is 9.42. The first-order valence-corrected chi connectivity index (χ1v) is 11.3. The maximum Gasteiger partial charge on any atom is 0.225 e. The summed E-state index contributed by atoms with van der Waals surface area (Å²) in [6, 6.07) is 6.22. The van der Waals surface area contributed by atoms with Crippen LogP contribution < -0.4 is 5.32 Å². The molecular weight excluding hydrogens is 358 g/mol. The number of rotatable bonds is 4. The molecule has 0 spiro atoms. The summed E-state index contributed by atoms with van der Waals surface area (Å²) >= 11 is 0. The molecule has 1 amide bonds. The van der Waals surface area contributed by atoms with Crippen molar-refractivity contribution in [1.82, 2.24) is 9.78 Å². The van der Waals surface area contributed by atoms with Crippen molar-refractivity contribution in [3.63, 3.8) is 0 Å². The minimum atomic E-state index is -0.920. The summed E-state index contributed by atoms with van der Waals surface area (Å²) in [6.45, 7) is 4.12. The highest BCUT2D eigenvalue weighted by Gasteiger charge is 2.29. The third-order valence-electron chi connectivity index (χ3n) is 5.71. The van der Waals surface area contributed by atoms with Crippen LogP contribution in [0.3, 0.4) is 0 Å². The fourth-order valence-electron chi connectivity index (χ4n) is 4.31. The minimum Gasteiger partial charge on any atom is -0.310 e. The van der Waals surface area contributed by atoms with Crippen LogP contribution in [0.15, 0.2) is 18.2 Å². The SMILES string of the molecule is Cc1ccc(-n2nc3c(c2NC(=O)CC2CCCCC2)CS(=O)C3)c(C)c1. The molecule has 0 bridgehead atoms. The van der Waals surface area contributed by atoms with Crippen molar-refractivity contribution in [2.45, 2.75) is 63.9 Å². The number of aromatic nitrogens is 2. The molecule has 1 fully saturated rings. The number of hydrogen-bond donors (Lipinski definition) is 1. The van der Waals surface area contributed by atoms with Crippen LogP contribution in [-0.4, -0.2) is 19.9 Å². The number of carbonyl (C=O) groups excluding carboxylic acids is 1. The van der Waals surface area contributed by atoms with Gasteiger partial charge in [-0.1, -0.05) is 37.0 Å². The number of aryl methyl sites for hydroxylation is 2. The Bertz CT molecular complexity index is 897. The van der Waals surface area contributed by atoms with Crippen molar-refractivity contribution in [2.75, 3.05) is 5.32 Å². The third-order valence-corrected chi connectivity index (χ3v) is 6.91. The molecule has 144 valence electrons. The second-order valence-electron chi connectivity index (χ2n) is 7.96. The topological polar surface area (TPSA) is 64.0 Å². The molecule has 2 aliphatic rings. The van der Waals surface area contributed by atoms with E-state index in [1.807, 2.05) is 10.7 Å². The van der Waals surface area contributed by atoms with Gasteiger partial charge in [0.25, 0.3) is 0 Å². The number of fused-ring (bicyclic) bond motifs is 1. The number of benzene rings is 1. The van der Waals surface area contributed by atoms with Gasteiger partial charge in [-0.2, -0.15) is 5.10 Å². The van der Waals surface area contributed by atoms with Crippen molar-refractivity contribution < 1.29 is 9.00 Å². The van der Waals surface area contributed by atoms with Crippen LogP contribution >= 0.6 is 0 Å². The molecule has 2 aromatic rings. The zero-order valence-electron chi connectivity index (χ0n) is 16.1. The van der Waals surface area contributed by atoms with Crippen molar-refractivity contribution in [3.05, 3.63) is 40.6 Å². The van der Waals surface area contributed by atoms with Gasteiger partial charge in [-0.15, -0.1) is 0 Å². The van der Waals surface area contributed by atoms with E-state index >= 15 is 0 Å². The van der Waals surface area contributed by atoms with E-state index in [9.17, 15) is 9.00 Å². The quantitative estimate of drug-likeness (QED) is 0.859. The van der Waals surface area contributed by atoms with Gasteiger partial charge in [-0.3, -0.25) is 9.00 Å². The molecule has 1 aliphatic carbocycles. The fraction of sp³-hybridized carbons (Fsp3) is 0.524. The molecule has 27 heavy (non-hydrogen) atoms. The zero-order valence-corrected chi connectivity index (χ0v) is 16.9. The van der Waals surface area contributed by atoms with Gasteiger partial charge in [0.2, 0.25) is 5.91 Å². The molecule has 6 heteroatoms. The normalized spacial score (nSPS) is 19.9. The van der Waals surface area contributed by atoms with Crippen LogP contribution in [0.5, 0.6) is 0 Å². The molecule has 1 atom stereocenters. The minimum absolute atomic E-state index is 0.0493. The summed E-state index contributed by atoms with van der Waals surface area (Å²) < 4.78 is 13.9. The van der Waals surface area contributed by atoms with E-state index < -0.39 is 10.8 Å². The van der Waals surface area contributed by atoms with Gasteiger partial charge in [-0.25, -0.2) is 4.68 Å². The number of anilines is 1. The van der Waals surface area contributed by atoms with Crippen LogP contribution in [-0.2, 0) is 27.1 Å². The highest BCUT2D eigenvalue weighted by molar-refractivity contribution is 7.83. The van der Waals surface area contributed by atoms with Gasteiger partial charge in [0.15, 0.2) is 0 Å². The Morgan fingerprint density at radius 3 is 2.74 bits per heavy atom. The van der Waals surface area contributed by atoms with Gasteiger partial charge >= 0.3 is 0 Å². The maximum absolute atomic E-state index is 12.8. The van der Waals surface area contributed by atoms with Crippen molar-refractivity contribution in [2.24, 2.45) is 5.92 Å². The first-order chi connectivity index (χ1) is 13.0. The van der Waals surface area contributed by atoms with Crippen LogP contribution in [0.25, 0.3) is 5.69 Å². The number of amides is 1. The number of nitrogens with one attached hydrogen (secondary N) is 1. The van der Waals surface area contributed by atoms with Crippen molar-refractivity contribution in [3.8, 4) is 5.69 Å². The summed E-state index contributed by atoms with van der Waals surface area (Å²) in [5.41, 5.74) is 5.06. The maximum atomic E-state index is 12.8. The summed E-state index contributed by atoms with van der Waals surface area (Å²) in [6.07, 6.45) is 6.60. The van der Waals surface area contributed by atoms with Crippen LogP contribution in [0.2, 0.25) is 0 Å². The van der Waals surface area contributed by atoms with E-state index in [2.05, 4.69) is 31.3 Å². The number of carbonyl (C=O) groups is 1. The molecule has 4 rings (SSSR count). The lowest BCUT2D eigenvalue weighted by molar-refractivity contribution is -0.117. The molecule has 2 heterocycles. The number of hydrogen-bond acceptors (Lipinski definition) is 3. The Kier molecular flexibility index (Phi) is 5.17. The summed E-state index contributed by atoms with van der Waals surface area (Å²) in [5.74, 6) is 2.19. The Labute approximate surface area is 163 Å². The van der Waals surface area contributed by atoms with E-state index in [0.29, 0.717) is 29.7 Å². The predicted molar refractivity (Wildman–Crippen MR) is 108 cm³/mol. The van der Waals surface area contributed by atoms with E-state index in [-0.39, 0.29) is 5.91 Å². The first kappa shape index (κ1) is 18.4. The predicted octanol–water partition coefficient (Wildman–Crippen LogP) is 4.16. The largest absolute Gasteiger partial charge is 0.310 e. The van der Waals surface area contributed by atoms with Crippen LogP contribution in [0.1, 0.15) is 60.9 Å². The van der Waals surface area contributed by atoms with E-state index in [4.69, 9.17) is 5.10 Å². The monoisotopic (exact) mass is 385 g/mol. The summed E-state index contributed by atoms with van der Waals surface area (Å²) in [4.78, 5) is 12.8. The fourth-order valence-corrected chi connectivity index (χ4v) is 5.57. The van der Waals surface area contributed by atoms with Gasteiger partial charge in [-0.05, 0) is 44.2 Å². The Hall–Kier alpha value is -1.95. The highest BCUT2D eigenvalue weighted by Crippen LogP contribution is 2.33. The average molecular weight is 386 g/mol. The molecule has 1 aromatic carbocycles. The molecule has 1 saturated carbocycles. The first-order valence-electron chi connectivity index (χ1n) is 9.84. The Morgan fingerprint density at radius 1 is 1.22 bits per heavy atom. The lowest BCUT2D eigenvalue weighted by atomic mass is 9.87. The molecule has 1 aromatic heterocycles. The van der Waals surface area contributed by atoms with Crippen molar-refractivity contribution >= 4 is 22.5 Å². The summed E-state index contributed by atoms with van der Waals surface area (Å²) in [7, 11) is -0.920. The lowest BCUT2D eigenvalue weighted by Crippen LogP contribution is -2.21. The van der Waals surface area contributed by atoms with Gasteiger partial charge in [0, 0.05) is 22.8 Å². The standard InChI is InChI=1S/C21H27N3O2S/c1-14-8-9-19(15(2)10-14)24-21(17-12-27(26)13-18(17)23-24)22-20(25)11-16-6-4-3-5-7-16/h8-10,16H,3-7,11-13H2,1-2H3,(H,22,25). The molecule has 1 aliphatic heterocycles. The van der Waals surface area contributed by atoms with Crippen molar-refractivity contribution in [1.29, 1.82) is 0 Å². The molecule has 0 saturated heterocycles.